The van der Waals surface area contributed by atoms with Crippen LogP contribution in [0.2, 0.25) is 10.0 Å². The Morgan fingerprint density at radius 2 is 2.00 bits per heavy atom. The Morgan fingerprint density at radius 3 is 2.74 bits per heavy atom. The fourth-order valence-electron chi connectivity index (χ4n) is 3.10. The van der Waals surface area contributed by atoms with Crippen LogP contribution in [0.3, 0.4) is 0 Å². The third kappa shape index (κ3) is 5.64. The molecule has 0 fully saturated rings. The third-order valence-electron chi connectivity index (χ3n) is 4.80. The minimum absolute atomic E-state index is 0.0225. The highest BCUT2D eigenvalue weighted by Gasteiger charge is 2.20. The first-order chi connectivity index (χ1) is 14.8. The van der Waals surface area contributed by atoms with Crippen molar-refractivity contribution in [1.82, 2.24) is 14.8 Å². The maximum atomic E-state index is 13.9. The van der Waals surface area contributed by atoms with Crippen LogP contribution in [-0.2, 0) is 6.54 Å². The predicted molar refractivity (Wildman–Crippen MR) is 119 cm³/mol. The van der Waals surface area contributed by atoms with Crippen molar-refractivity contribution in [2.45, 2.75) is 38.6 Å². The zero-order chi connectivity index (χ0) is 22.5. The monoisotopic (exact) mass is 469 g/mol. The van der Waals surface area contributed by atoms with Crippen LogP contribution in [0.15, 0.2) is 36.8 Å². The molecule has 0 amide bonds. The summed E-state index contributed by atoms with van der Waals surface area (Å²) in [6, 6.07) is 4.33. The smallest absolute Gasteiger partial charge is 0.166 e. The highest BCUT2D eigenvalue weighted by Crippen LogP contribution is 2.36. The van der Waals surface area contributed by atoms with Gasteiger partial charge in [-0.05, 0) is 38.0 Å². The van der Waals surface area contributed by atoms with Crippen molar-refractivity contribution in [3.63, 3.8) is 0 Å². The Balaban J connectivity index is 1.76. The van der Waals surface area contributed by atoms with E-state index >= 15 is 0 Å². The molecule has 0 saturated heterocycles. The molecule has 0 saturated carbocycles. The first-order valence-corrected chi connectivity index (χ1v) is 10.5. The molecule has 0 aliphatic rings. The molecule has 0 bridgehead atoms. The number of anilines is 1. The summed E-state index contributed by atoms with van der Waals surface area (Å²) >= 11 is 12.3. The molecule has 3 rings (SSSR count). The SMILES string of the molecule is C[C@@H](Oc1cc(-c2cnn(CCCC(F)CN)c2)cnc1N)c1c(Cl)ccc(F)c1Cl. The van der Waals surface area contributed by atoms with Crippen molar-refractivity contribution in [2.24, 2.45) is 5.73 Å². The Morgan fingerprint density at radius 1 is 1.23 bits per heavy atom. The number of ether oxygens (including phenoxy) is 1. The molecule has 2 heterocycles. The van der Waals surface area contributed by atoms with Crippen LogP contribution < -0.4 is 16.2 Å². The lowest BCUT2D eigenvalue weighted by Crippen LogP contribution is -2.15. The molecule has 2 atom stereocenters. The lowest BCUT2D eigenvalue weighted by atomic mass is 10.1. The number of halogens is 4. The van der Waals surface area contributed by atoms with E-state index in [1.165, 1.54) is 12.1 Å². The number of nitrogen functional groups attached to an aromatic ring is 1. The molecule has 31 heavy (non-hydrogen) atoms. The molecule has 2 aromatic heterocycles. The molecule has 0 spiro atoms. The number of rotatable bonds is 9. The number of pyridine rings is 1. The average molecular weight is 470 g/mol. The van der Waals surface area contributed by atoms with Crippen molar-refractivity contribution >= 4 is 29.0 Å². The second-order valence-corrected chi connectivity index (χ2v) is 7.88. The summed E-state index contributed by atoms with van der Waals surface area (Å²) in [6.07, 6.45) is 4.44. The normalized spacial score (nSPS) is 13.2. The number of alkyl halides is 1. The van der Waals surface area contributed by atoms with Gasteiger partial charge in [0.1, 0.15) is 18.1 Å². The second kappa shape index (κ2) is 10.3. The number of nitrogens with two attached hydrogens (primary N) is 2. The molecule has 166 valence electrons. The Kier molecular flexibility index (Phi) is 7.69. The lowest BCUT2D eigenvalue weighted by Gasteiger charge is -2.19. The fraction of sp³-hybridized carbons (Fsp3) is 0.333. The van der Waals surface area contributed by atoms with Crippen molar-refractivity contribution in [2.75, 3.05) is 12.3 Å². The van der Waals surface area contributed by atoms with Crippen LogP contribution in [0, 0.1) is 5.82 Å². The minimum Gasteiger partial charge on any atom is -0.482 e. The quantitative estimate of drug-likeness (QED) is 0.420. The zero-order valence-electron chi connectivity index (χ0n) is 16.9. The maximum Gasteiger partial charge on any atom is 0.166 e. The van der Waals surface area contributed by atoms with Crippen molar-refractivity contribution < 1.29 is 13.5 Å². The van der Waals surface area contributed by atoms with Gasteiger partial charge in [-0.3, -0.25) is 4.68 Å². The van der Waals surface area contributed by atoms with Gasteiger partial charge in [0.2, 0.25) is 0 Å². The molecule has 0 radical (unpaired) electrons. The van der Waals surface area contributed by atoms with Crippen molar-refractivity contribution in [1.29, 1.82) is 0 Å². The Bertz CT molecular complexity index is 1050. The summed E-state index contributed by atoms with van der Waals surface area (Å²) in [7, 11) is 0. The molecule has 1 aromatic carbocycles. The van der Waals surface area contributed by atoms with Gasteiger partial charge in [-0.2, -0.15) is 5.10 Å². The average Bonchev–Trinajstić information content (AvgIpc) is 3.21. The van der Waals surface area contributed by atoms with E-state index in [-0.39, 0.29) is 22.4 Å². The summed E-state index contributed by atoms with van der Waals surface area (Å²) in [4.78, 5) is 4.18. The van der Waals surface area contributed by atoms with Crippen LogP contribution in [0.4, 0.5) is 14.6 Å². The van der Waals surface area contributed by atoms with E-state index in [9.17, 15) is 8.78 Å². The van der Waals surface area contributed by atoms with Gasteiger partial charge in [-0.1, -0.05) is 23.2 Å². The van der Waals surface area contributed by atoms with Gasteiger partial charge in [-0.25, -0.2) is 13.8 Å². The minimum atomic E-state index is -1.00. The van der Waals surface area contributed by atoms with Crippen LogP contribution in [0.5, 0.6) is 5.75 Å². The van der Waals surface area contributed by atoms with Gasteiger partial charge < -0.3 is 16.2 Å². The predicted octanol–water partition coefficient (Wildman–Crippen LogP) is 5.19. The lowest BCUT2D eigenvalue weighted by molar-refractivity contribution is 0.227. The number of benzene rings is 1. The summed E-state index contributed by atoms with van der Waals surface area (Å²) < 4.78 is 34.8. The Labute approximate surface area is 189 Å². The topological polar surface area (TPSA) is 92.0 Å². The number of nitrogens with zero attached hydrogens (tertiary/aromatic N) is 3. The summed E-state index contributed by atoms with van der Waals surface area (Å²) in [5.74, 6) is -0.117. The van der Waals surface area contributed by atoms with Crippen molar-refractivity contribution in [3.05, 3.63) is 58.2 Å². The van der Waals surface area contributed by atoms with E-state index in [1.54, 1.807) is 30.1 Å². The molecule has 3 aromatic rings. The first-order valence-electron chi connectivity index (χ1n) is 9.72. The van der Waals surface area contributed by atoms with Gasteiger partial charge in [0, 0.05) is 47.2 Å². The number of aromatic nitrogens is 3. The van der Waals surface area contributed by atoms with Crippen LogP contribution in [0.1, 0.15) is 31.4 Å². The molecule has 0 aliphatic carbocycles. The number of hydrogen-bond donors (Lipinski definition) is 2. The van der Waals surface area contributed by atoms with E-state index in [2.05, 4.69) is 10.1 Å². The van der Waals surface area contributed by atoms with E-state index < -0.39 is 18.1 Å². The standard InChI is InChI=1S/C21H23Cl2F2N5O/c1-12(19-16(22)4-5-17(25)20(19)23)31-18-7-13(9-28-21(18)27)14-10-29-30(11-14)6-2-3-15(24)8-26/h4-5,7,9-12,15H,2-3,6,8,26H2,1H3,(H2,27,28)/t12-,15?/m1/s1. The van der Waals surface area contributed by atoms with E-state index in [4.69, 9.17) is 39.4 Å². The molecule has 0 aliphatic heterocycles. The molecule has 6 nitrogen and oxygen atoms in total. The van der Waals surface area contributed by atoms with Gasteiger partial charge in [0.25, 0.3) is 0 Å². The molecule has 10 heteroatoms. The summed E-state index contributed by atoms with van der Waals surface area (Å²) in [5, 5.41) is 4.48. The highest BCUT2D eigenvalue weighted by atomic mass is 35.5. The molecular weight excluding hydrogens is 447 g/mol. The molecule has 1 unspecified atom stereocenters. The largest absolute Gasteiger partial charge is 0.482 e. The van der Waals surface area contributed by atoms with Gasteiger partial charge in [-0.15, -0.1) is 0 Å². The number of hydrogen-bond acceptors (Lipinski definition) is 5. The second-order valence-electron chi connectivity index (χ2n) is 7.09. The molecule has 4 N–H and O–H groups in total. The van der Waals surface area contributed by atoms with Gasteiger partial charge in [0.05, 0.1) is 11.2 Å². The van der Waals surface area contributed by atoms with Gasteiger partial charge in [0.15, 0.2) is 11.6 Å². The van der Waals surface area contributed by atoms with Crippen LogP contribution in [-0.4, -0.2) is 27.5 Å². The van der Waals surface area contributed by atoms with E-state index in [0.717, 1.165) is 11.1 Å². The fourth-order valence-corrected chi connectivity index (χ4v) is 3.78. The summed E-state index contributed by atoms with van der Waals surface area (Å²) in [6.45, 7) is 2.28. The summed E-state index contributed by atoms with van der Waals surface area (Å²) in [5.41, 5.74) is 13.1. The third-order valence-corrected chi connectivity index (χ3v) is 5.51. The van der Waals surface area contributed by atoms with Crippen LogP contribution in [0.25, 0.3) is 11.1 Å². The van der Waals surface area contributed by atoms with Crippen LogP contribution >= 0.6 is 23.2 Å². The molecular formula is C21H23Cl2F2N5O. The first kappa shape index (κ1) is 23.2. The van der Waals surface area contributed by atoms with Crippen molar-refractivity contribution in [3.8, 4) is 16.9 Å². The zero-order valence-corrected chi connectivity index (χ0v) is 18.4. The van der Waals surface area contributed by atoms with E-state index in [0.29, 0.717) is 30.7 Å². The van der Waals surface area contributed by atoms with Gasteiger partial charge >= 0.3 is 0 Å². The Hall–Kier alpha value is -2.42. The number of aryl methyl sites for hydroxylation is 1. The maximum absolute atomic E-state index is 13.9. The van der Waals surface area contributed by atoms with E-state index in [1.807, 2.05) is 6.20 Å². The highest BCUT2D eigenvalue weighted by molar-refractivity contribution is 6.36.